The third-order valence-electron chi connectivity index (χ3n) is 3.26. The summed E-state index contributed by atoms with van der Waals surface area (Å²) in [6, 6.07) is 0. The lowest BCUT2D eigenvalue weighted by atomic mass is 9.95. The minimum atomic E-state index is -0.119. The van der Waals surface area contributed by atoms with Crippen LogP contribution in [0.3, 0.4) is 0 Å². The first-order valence-corrected chi connectivity index (χ1v) is 7.35. The minimum absolute atomic E-state index is 0.119. The summed E-state index contributed by atoms with van der Waals surface area (Å²) in [5.41, 5.74) is 1.19. The quantitative estimate of drug-likeness (QED) is 0.594. The minimum Gasteiger partial charge on any atom is -0.759 e. The molecule has 0 aromatic carbocycles. The van der Waals surface area contributed by atoms with Crippen LogP contribution < -0.4 is 0 Å². The molecule has 2 aromatic rings. The van der Waals surface area contributed by atoms with Crippen LogP contribution in [0.4, 0.5) is 0 Å². The van der Waals surface area contributed by atoms with Gasteiger partial charge in [0.05, 0.1) is 12.2 Å². The molecule has 3 rings (SSSR count). The summed E-state index contributed by atoms with van der Waals surface area (Å²) in [5, 5.41) is 1.78. The summed E-state index contributed by atoms with van der Waals surface area (Å²) >= 11 is 7.14. The topological polar surface area (TPSA) is 35.0 Å². The van der Waals surface area contributed by atoms with Gasteiger partial charge < -0.3 is 17.4 Å². The van der Waals surface area contributed by atoms with Crippen LogP contribution >= 0.6 is 11.3 Å². The average molecular weight is 279 g/mol. The molecule has 0 atom stereocenters. The molecule has 0 radical (unpaired) electrons. The first-order chi connectivity index (χ1) is 8.50. The Morgan fingerprint density at radius 2 is 2.17 bits per heavy atom. The Morgan fingerprint density at radius 3 is 2.89 bits per heavy atom. The zero-order valence-electron chi connectivity index (χ0n) is 10.7. The van der Waals surface area contributed by atoms with Crippen molar-refractivity contribution in [1.29, 1.82) is 0 Å². The SMILES string of the molecule is CCc1nc([S-])c2c3c(sc2n1)COC(C)(C)C3. The number of nitrogens with zero attached hydrogens (tertiary/aromatic N) is 2. The van der Waals surface area contributed by atoms with E-state index in [2.05, 4.69) is 30.7 Å². The number of ether oxygens (including phenoxy) is 1. The standard InChI is InChI=1S/C13H16N2OS2/c1-4-9-14-11(17)10-7-5-13(2,3)16-6-8(7)18-12(10)15-9/h4-6H2,1-3H3,(H,14,15,17)/p-1. The largest absolute Gasteiger partial charge is 0.759 e. The average Bonchev–Trinajstić information content (AvgIpc) is 2.65. The Hall–Kier alpha value is -0.780. The van der Waals surface area contributed by atoms with E-state index in [-0.39, 0.29) is 5.60 Å². The summed E-state index contributed by atoms with van der Waals surface area (Å²) in [6.07, 6.45) is 1.71. The molecule has 0 unspecified atom stereocenters. The van der Waals surface area contributed by atoms with Gasteiger partial charge in [0, 0.05) is 23.1 Å². The second kappa shape index (κ2) is 4.11. The summed E-state index contributed by atoms with van der Waals surface area (Å²) in [6.45, 7) is 6.95. The van der Waals surface area contributed by atoms with Gasteiger partial charge in [-0.15, -0.1) is 11.3 Å². The first kappa shape index (κ1) is 12.3. The number of rotatable bonds is 1. The molecule has 96 valence electrons. The van der Waals surface area contributed by atoms with Crippen molar-refractivity contribution in [1.82, 2.24) is 9.97 Å². The zero-order chi connectivity index (χ0) is 12.9. The molecule has 0 saturated carbocycles. The molecule has 0 spiro atoms. The number of hydrogen-bond donors (Lipinski definition) is 0. The van der Waals surface area contributed by atoms with Gasteiger partial charge in [0.25, 0.3) is 0 Å². The number of aryl methyl sites for hydroxylation is 1. The molecule has 3 nitrogen and oxygen atoms in total. The van der Waals surface area contributed by atoms with Crippen molar-refractivity contribution in [2.75, 3.05) is 0 Å². The highest BCUT2D eigenvalue weighted by Crippen LogP contribution is 2.39. The van der Waals surface area contributed by atoms with Crippen LogP contribution in [0.2, 0.25) is 0 Å². The van der Waals surface area contributed by atoms with E-state index in [4.69, 9.17) is 17.4 Å². The second-order valence-electron chi connectivity index (χ2n) is 5.21. The fourth-order valence-corrected chi connectivity index (χ4v) is 3.82. The van der Waals surface area contributed by atoms with E-state index in [9.17, 15) is 0 Å². The molecule has 1 aliphatic heterocycles. The van der Waals surface area contributed by atoms with Crippen LogP contribution in [0.25, 0.3) is 10.2 Å². The van der Waals surface area contributed by atoms with E-state index < -0.39 is 0 Å². The summed E-state index contributed by atoms with van der Waals surface area (Å²) in [4.78, 5) is 11.3. The van der Waals surface area contributed by atoms with Crippen molar-refractivity contribution in [3.63, 3.8) is 0 Å². The van der Waals surface area contributed by atoms with E-state index in [0.29, 0.717) is 11.6 Å². The predicted octanol–water partition coefficient (Wildman–Crippen LogP) is 3.01. The highest BCUT2D eigenvalue weighted by molar-refractivity contribution is 7.59. The van der Waals surface area contributed by atoms with Crippen molar-refractivity contribution >= 4 is 34.2 Å². The van der Waals surface area contributed by atoms with Crippen molar-refractivity contribution in [2.24, 2.45) is 0 Å². The summed E-state index contributed by atoms with van der Waals surface area (Å²) in [7, 11) is 0. The van der Waals surface area contributed by atoms with Gasteiger partial charge in [-0.3, -0.25) is 4.98 Å². The third-order valence-corrected chi connectivity index (χ3v) is 4.65. The van der Waals surface area contributed by atoms with Gasteiger partial charge in [0.15, 0.2) is 0 Å². The normalized spacial score (nSPS) is 17.9. The van der Waals surface area contributed by atoms with Crippen LogP contribution in [0.5, 0.6) is 0 Å². The number of fused-ring (bicyclic) bond motifs is 3. The molecule has 5 heteroatoms. The molecule has 0 N–H and O–H groups in total. The van der Waals surface area contributed by atoms with Gasteiger partial charge in [-0.25, -0.2) is 4.98 Å². The first-order valence-electron chi connectivity index (χ1n) is 6.12. The molecule has 3 heterocycles. The van der Waals surface area contributed by atoms with Crippen molar-refractivity contribution in [3.8, 4) is 0 Å². The van der Waals surface area contributed by atoms with Crippen LogP contribution in [0, 0.1) is 0 Å². The maximum atomic E-state index is 5.85. The monoisotopic (exact) mass is 279 g/mol. The van der Waals surface area contributed by atoms with E-state index in [0.717, 1.165) is 28.9 Å². The number of hydrogen-bond acceptors (Lipinski definition) is 5. The maximum Gasteiger partial charge on any atom is 0.127 e. The van der Waals surface area contributed by atoms with Gasteiger partial charge in [0.1, 0.15) is 10.7 Å². The second-order valence-corrected chi connectivity index (χ2v) is 6.68. The highest BCUT2D eigenvalue weighted by atomic mass is 32.1. The fourth-order valence-electron chi connectivity index (χ4n) is 2.31. The van der Waals surface area contributed by atoms with E-state index in [1.807, 2.05) is 0 Å². The molecule has 0 aliphatic carbocycles. The predicted molar refractivity (Wildman–Crippen MR) is 75.0 cm³/mol. The molecule has 18 heavy (non-hydrogen) atoms. The van der Waals surface area contributed by atoms with E-state index in [1.165, 1.54) is 10.4 Å². The van der Waals surface area contributed by atoms with Crippen LogP contribution in [0.15, 0.2) is 5.03 Å². The summed E-state index contributed by atoms with van der Waals surface area (Å²) < 4.78 is 5.85. The van der Waals surface area contributed by atoms with Gasteiger partial charge in [-0.1, -0.05) is 11.9 Å². The molecule has 0 amide bonds. The number of aromatic nitrogens is 2. The molecular formula is C13H15N2OS2-. The highest BCUT2D eigenvalue weighted by Gasteiger charge is 2.29. The Labute approximate surface area is 116 Å². The van der Waals surface area contributed by atoms with E-state index >= 15 is 0 Å². The van der Waals surface area contributed by atoms with Gasteiger partial charge >= 0.3 is 0 Å². The molecule has 1 aliphatic rings. The van der Waals surface area contributed by atoms with Crippen molar-refractivity contribution in [3.05, 3.63) is 16.3 Å². The molecule has 0 bridgehead atoms. The molecule has 0 fully saturated rings. The van der Waals surface area contributed by atoms with Gasteiger partial charge in [-0.2, -0.15) is 0 Å². The van der Waals surface area contributed by atoms with E-state index in [1.54, 1.807) is 11.3 Å². The van der Waals surface area contributed by atoms with Crippen LogP contribution in [-0.2, 0) is 36.8 Å². The molecule has 0 saturated heterocycles. The fraction of sp³-hybridized carbons (Fsp3) is 0.538. The maximum absolute atomic E-state index is 5.85. The lowest BCUT2D eigenvalue weighted by Gasteiger charge is -2.30. The zero-order valence-corrected chi connectivity index (χ0v) is 12.4. The molecule has 2 aromatic heterocycles. The molecular weight excluding hydrogens is 264 g/mol. The number of thiophene rings is 1. The third kappa shape index (κ3) is 1.90. The Kier molecular flexibility index (Phi) is 2.80. The Morgan fingerprint density at radius 1 is 1.39 bits per heavy atom. The van der Waals surface area contributed by atoms with Gasteiger partial charge in [0.2, 0.25) is 0 Å². The van der Waals surface area contributed by atoms with Crippen molar-refractivity contribution < 1.29 is 4.74 Å². The van der Waals surface area contributed by atoms with Crippen LogP contribution in [-0.4, -0.2) is 15.6 Å². The smallest absolute Gasteiger partial charge is 0.127 e. The Balaban J connectivity index is 2.24. The van der Waals surface area contributed by atoms with Crippen LogP contribution in [0.1, 0.15) is 37.0 Å². The Bertz CT molecular complexity index is 619. The van der Waals surface area contributed by atoms with Gasteiger partial charge in [-0.05, 0) is 19.4 Å². The summed E-state index contributed by atoms with van der Waals surface area (Å²) in [5.74, 6) is 0.839. The lowest BCUT2D eigenvalue weighted by Crippen LogP contribution is -2.31. The lowest BCUT2D eigenvalue weighted by molar-refractivity contribution is -0.0379. The van der Waals surface area contributed by atoms with Crippen molar-refractivity contribution in [2.45, 2.75) is 50.8 Å².